The third-order valence-electron chi connectivity index (χ3n) is 4.56. The molecule has 0 bridgehead atoms. The van der Waals surface area contributed by atoms with Gasteiger partial charge in [0.1, 0.15) is 24.9 Å². The third-order valence-corrected chi connectivity index (χ3v) is 4.56. The largest absolute Gasteiger partial charge is 0.466 e. The Bertz CT molecular complexity index is 1040. The standard InChI is InChI=1S/C20H16F6N2O4/c1-9-13(19(30)32-7-3-6-27)16(15(18(29)31-2)12(8-21)28-9)14-10(22)4-5-11(23)17(14)20(24,25)26/h4-5,16,28H,3,7-8H2,1-2H3. The Morgan fingerprint density at radius 2 is 1.78 bits per heavy atom. The molecule has 1 heterocycles. The number of hydrogen-bond acceptors (Lipinski definition) is 6. The van der Waals surface area contributed by atoms with Crippen molar-refractivity contribution >= 4 is 11.9 Å². The van der Waals surface area contributed by atoms with Crippen molar-refractivity contribution in [2.75, 3.05) is 20.4 Å². The molecule has 0 saturated heterocycles. The number of allylic oxidation sites excluding steroid dienone is 2. The summed E-state index contributed by atoms with van der Waals surface area (Å²) in [5.74, 6) is -8.36. The smallest absolute Gasteiger partial charge is 0.419 e. The van der Waals surface area contributed by atoms with E-state index in [2.05, 4.69) is 10.1 Å². The second kappa shape index (κ2) is 9.76. The number of nitriles is 1. The van der Waals surface area contributed by atoms with Crippen LogP contribution in [-0.2, 0) is 25.2 Å². The first-order valence-electron chi connectivity index (χ1n) is 8.93. The first-order valence-corrected chi connectivity index (χ1v) is 8.93. The van der Waals surface area contributed by atoms with Gasteiger partial charge in [0.05, 0.1) is 47.9 Å². The molecule has 1 unspecified atom stereocenters. The number of methoxy groups -OCH3 is 1. The summed E-state index contributed by atoms with van der Waals surface area (Å²) in [5.41, 5.74) is -5.88. The van der Waals surface area contributed by atoms with E-state index in [0.717, 1.165) is 14.0 Å². The summed E-state index contributed by atoms with van der Waals surface area (Å²) in [6.07, 6.45) is -5.71. The predicted octanol–water partition coefficient (Wildman–Crippen LogP) is 3.80. The van der Waals surface area contributed by atoms with E-state index in [1.165, 1.54) is 0 Å². The van der Waals surface area contributed by atoms with Gasteiger partial charge in [-0.3, -0.25) is 0 Å². The van der Waals surface area contributed by atoms with Gasteiger partial charge >= 0.3 is 18.1 Å². The van der Waals surface area contributed by atoms with Crippen molar-refractivity contribution in [3.05, 3.63) is 57.4 Å². The van der Waals surface area contributed by atoms with Gasteiger partial charge in [-0.25, -0.2) is 22.8 Å². The second-order valence-corrected chi connectivity index (χ2v) is 6.47. The number of alkyl halides is 4. The molecule has 0 spiro atoms. The summed E-state index contributed by atoms with van der Waals surface area (Å²) in [6.45, 7) is -0.737. The van der Waals surface area contributed by atoms with Crippen LogP contribution in [0, 0.1) is 23.0 Å². The summed E-state index contributed by atoms with van der Waals surface area (Å²) in [4.78, 5) is 25.1. The van der Waals surface area contributed by atoms with Crippen LogP contribution < -0.4 is 5.32 Å². The molecular formula is C20H16F6N2O4. The van der Waals surface area contributed by atoms with Gasteiger partial charge in [-0.05, 0) is 19.1 Å². The van der Waals surface area contributed by atoms with Crippen molar-refractivity contribution in [2.24, 2.45) is 0 Å². The van der Waals surface area contributed by atoms with Crippen LogP contribution in [0.25, 0.3) is 0 Å². The van der Waals surface area contributed by atoms with E-state index in [-0.39, 0.29) is 18.2 Å². The van der Waals surface area contributed by atoms with E-state index < -0.39 is 76.9 Å². The molecule has 0 amide bonds. The molecule has 1 aromatic carbocycles. The fourth-order valence-corrected chi connectivity index (χ4v) is 3.32. The van der Waals surface area contributed by atoms with E-state index in [0.29, 0.717) is 6.07 Å². The molecule has 1 atom stereocenters. The van der Waals surface area contributed by atoms with Gasteiger partial charge in [-0.1, -0.05) is 0 Å². The normalized spacial score (nSPS) is 16.4. The molecule has 32 heavy (non-hydrogen) atoms. The topological polar surface area (TPSA) is 88.4 Å². The fourth-order valence-electron chi connectivity index (χ4n) is 3.32. The summed E-state index contributed by atoms with van der Waals surface area (Å²) >= 11 is 0. The van der Waals surface area contributed by atoms with Crippen LogP contribution in [-0.4, -0.2) is 32.3 Å². The zero-order chi connectivity index (χ0) is 24.2. The molecule has 12 heteroatoms. The molecule has 1 N–H and O–H groups in total. The van der Waals surface area contributed by atoms with Gasteiger partial charge in [0.2, 0.25) is 0 Å². The van der Waals surface area contributed by atoms with Gasteiger partial charge in [0.15, 0.2) is 0 Å². The first kappa shape index (κ1) is 24.8. The minimum Gasteiger partial charge on any atom is -0.466 e. The van der Waals surface area contributed by atoms with Crippen LogP contribution in [0.3, 0.4) is 0 Å². The van der Waals surface area contributed by atoms with Gasteiger partial charge < -0.3 is 14.8 Å². The number of benzene rings is 1. The third kappa shape index (κ3) is 4.71. The van der Waals surface area contributed by atoms with Crippen molar-refractivity contribution in [1.82, 2.24) is 5.32 Å². The molecule has 172 valence electrons. The van der Waals surface area contributed by atoms with Crippen LogP contribution in [0.2, 0.25) is 0 Å². The van der Waals surface area contributed by atoms with Crippen LogP contribution in [0.4, 0.5) is 26.3 Å². The first-order chi connectivity index (χ1) is 15.0. The van der Waals surface area contributed by atoms with Crippen LogP contribution in [0.5, 0.6) is 0 Å². The summed E-state index contributed by atoms with van der Waals surface area (Å²) in [7, 11) is 0.838. The number of carbonyl (C=O) groups excluding carboxylic acids is 2. The number of nitrogens with zero attached hydrogens (tertiary/aromatic N) is 1. The molecule has 1 aliphatic rings. The van der Waals surface area contributed by atoms with Gasteiger partial charge in [0.25, 0.3) is 0 Å². The highest BCUT2D eigenvalue weighted by atomic mass is 19.4. The maximum atomic E-state index is 14.8. The molecule has 0 saturated carbocycles. The molecule has 1 aromatic rings. The fraction of sp³-hybridized carbons (Fsp3) is 0.350. The van der Waals surface area contributed by atoms with Gasteiger partial charge in [0, 0.05) is 11.3 Å². The highest BCUT2D eigenvalue weighted by Gasteiger charge is 2.47. The Morgan fingerprint density at radius 3 is 2.31 bits per heavy atom. The monoisotopic (exact) mass is 462 g/mol. The summed E-state index contributed by atoms with van der Waals surface area (Å²) in [5, 5.41) is 11.0. The van der Waals surface area contributed by atoms with Crippen LogP contribution in [0.1, 0.15) is 30.4 Å². The highest BCUT2D eigenvalue weighted by molar-refractivity contribution is 6.00. The number of hydrogen-bond donors (Lipinski definition) is 1. The maximum Gasteiger partial charge on any atom is 0.419 e. The molecule has 0 radical (unpaired) electrons. The Balaban J connectivity index is 2.91. The zero-order valence-corrected chi connectivity index (χ0v) is 16.7. The number of esters is 2. The number of nitrogens with one attached hydrogen (secondary N) is 1. The van der Waals surface area contributed by atoms with Crippen LogP contribution >= 0.6 is 0 Å². The lowest BCUT2D eigenvalue weighted by Gasteiger charge is -2.32. The zero-order valence-electron chi connectivity index (χ0n) is 16.7. The predicted molar refractivity (Wildman–Crippen MR) is 96.1 cm³/mol. The number of ether oxygens (including phenoxy) is 2. The average Bonchev–Trinajstić information content (AvgIpc) is 2.72. The number of carbonyl (C=O) groups is 2. The Morgan fingerprint density at radius 1 is 1.16 bits per heavy atom. The lowest BCUT2D eigenvalue weighted by Crippen LogP contribution is -2.35. The van der Waals surface area contributed by atoms with Gasteiger partial charge in [-0.2, -0.15) is 18.4 Å². The maximum absolute atomic E-state index is 14.8. The number of halogens is 6. The van der Waals surface area contributed by atoms with E-state index in [1.54, 1.807) is 6.07 Å². The number of rotatable bonds is 6. The SMILES string of the molecule is COC(=O)C1=C(CF)NC(C)=C(C(=O)OCCC#N)C1c1c(F)ccc(F)c1C(F)(F)F. The molecule has 6 nitrogen and oxygen atoms in total. The second-order valence-electron chi connectivity index (χ2n) is 6.47. The molecule has 0 fully saturated rings. The minimum absolute atomic E-state index is 0.238. The number of dihydropyridines is 1. The Kier molecular flexibility index (Phi) is 7.56. The van der Waals surface area contributed by atoms with Crippen molar-refractivity contribution in [3.63, 3.8) is 0 Å². The average molecular weight is 462 g/mol. The Labute approximate surface area is 178 Å². The lowest BCUT2D eigenvalue weighted by molar-refractivity contribution is -0.143. The summed E-state index contributed by atoms with van der Waals surface area (Å²) in [6, 6.07) is 2.30. The van der Waals surface area contributed by atoms with Crippen molar-refractivity contribution in [1.29, 1.82) is 5.26 Å². The summed E-state index contributed by atoms with van der Waals surface area (Å²) < 4.78 is 93.3. The van der Waals surface area contributed by atoms with Gasteiger partial charge in [-0.15, -0.1) is 0 Å². The molecule has 0 aromatic heterocycles. The quantitative estimate of drug-likeness (QED) is 0.393. The van der Waals surface area contributed by atoms with Crippen LogP contribution in [0.15, 0.2) is 34.7 Å². The van der Waals surface area contributed by atoms with Crippen molar-refractivity contribution in [3.8, 4) is 6.07 Å². The molecule has 1 aliphatic heterocycles. The molecule has 0 aliphatic carbocycles. The molecule has 2 rings (SSSR count). The van der Waals surface area contributed by atoms with E-state index >= 15 is 0 Å². The Hall–Kier alpha value is -3.49. The molecular weight excluding hydrogens is 446 g/mol. The van der Waals surface area contributed by atoms with E-state index in [4.69, 9.17) is 10.00 Å². The lowest BCUT2D eigenvalue weighted by atomic mass is 9.78. The van der Waals surface area contributed by atoms with Crippen molar-refractivity contribution in [2.45, 2.75) is 25.4 Å². The highest BCUT2D eigenvalue weighted by Crippen LogP contribution is 2.46. The van der Waals surface area contributed by atoms with E-state index in [9.17, 15) is 35.9 Å². The minimum atomic E-state index is -5.44. The van der Waals surface area contributed by atoms with Crippen molar-refractivity contribution < 1.29 is 45.4 Å². The van der Waals surface area contributed by atoms with E-state index in [1.807, 2.05) is 0 Å².